The molecule has 0 aromatic heterocycles. The van der Waals surface area contributed by atoms with E-state index in [1.807, 2.05) is 12.1 Å². The molecule has 0 heterocycles. The fourth-order valence-electron chi connectivity index (χ4n) is 2.23. The Morgan fingerprint density at radius 2 is 1.90 bits per heavy atom. The van der Waals surface area contributed by atoms with Crippen molar-refractivity contribution in [3.63, 3.8) is 0 Å². The smallest absolute Gasteiger partial charge is 0.238 e. The maximum absolute atomic E-state index is 11.2. The van der Waals surface area contributed by atoms with Crippen LogP contribution >= 0.6 is 0 Å². The van der Waals surface area contributed by atoms with Crippen LogP contribution in [-0.4, -0.2) is 37.6 Å². The Balaban J connectivity index is 2.59. The normalized spacial score (nSPS) is 11.1. The van der Waals surface area contributed by atoms with Crippen molar-refractivity contribution in [1.82, 2.24) is 10.3 Å². The second kappa shape index (κ2) is 9.50. The predicted octanol–water partition coefficient (Wildman–Crippen LogP) is 1.32. The third kappa shape index (κ3) is 7.22. The van der Waals surface area contributed by atoms with Crippen LogP contribution in [0.4, 0.5) is 0 Å². The second-order valence-electron chi connectivity index (χ2n) is 5.68. The van der Waals surface area contributed by atoms with Crippen LogP contribution in [0.5, 0.6) is 0 Å². The third-order valence-corrected chi connectivity index (χ3v) is 3.19. The maximum Gasteiger partial charge on any atom is 0.238 e. The topological polar surface area (TPSA) is 67.6 Å². The highest BCUT2D eigenvalue weighted by atomic mass is 16.5. The van der Waals surface area contributed by atoms with Crippen LogP contribution in [0.1, 0.15) is 25.0 Å². The van der Waals surface area contributed by atoms with Crippen molar-refractivity contribution in [1.29, 1.82) is 0 Å². The largest absolute Gasteiger partial charge is 0.383 e. The van der Waals surface area contributed by atoms with Gasteiger partial charge in [0.2, 0.25) is 5.91 Å². The van der Waals surface area contributed by atoms with E-state index in [2.05, 4.69) is 36.3 Å². The standard InChI is InChI=1S/C16H27N3O2/c1-13(2)11-19(8-9-21-3)12-15-6-4-14(5-7-15)10-16(20)18-17/h4-7,13H,8-12,17H2,1-3H3,(H,18,20). The van der Waals surface area contributed by atoms with Crippen molar-refractivity contribution >= 4 is 5.91 Å². The van der Waals surface area contributed by atoms with Crippen molar-refractivity contribution in [2.75, 3.05) is 26.8 Å². The molecule has 0 aliphatic carbocycles. The first-order valence-electron chi connectivity index (χ1n) is 7.33. The molecule has 1 rings (SSSR count). The summed E-state index contributed by atoms with van der Waals surface area (Å²) in [4.78, 5) is 13.6. The van der Waals surface area contributed by atoms with Crippen LogP contribution in [0.15, 0.2) is 24.3 Å². The molecular weight excluding hydrogens is 266 g/mol. The highest BCUT2D eigenvalue weighted by molar-refractivity contribution is 5.77. The van der Waals surface area contributed by atoms with Gasteiger partial charge in [-0.2, -0.15) is 0 Å². The number of carbonyl (C=O) groups excluding carboxylic acids is 1. The molecule has 0 atom stereocenters. The summed E-state index contributed by atoms with van der Waals surface area (Å²) >= 11 is 0. The number of ether oxygens (including phenoxy) is 1. The summed E-state index contributed by atoms with van der Waals surface area (Å²) in [6, 6.07) is 8.10. The summed E-state index contributed by atoms with van der Waals surface area (Å²) in [5.41, 5.74) is 4.35. The van der Waals surface area contributed by atoms with Gasteiger partial charge in [0, 0.05) is 26.7 Å². The van der Waals surface area contributed by atoms with E-state index in [1.54, 1.807) is 7.11 Å². The number of hydrazine groups is 1. The zero-order valence-electron chi connectivity index (χ0n) is 13.3. The predicted molar refractivity (Wildman–Crippen MR) is 84.5 cm³/mol. The molecule has 3 N–H and O–H groups in total. The minimum Gasteiger partial charge on any atom is -0.383 e. The SMILES string of the molecule is COCCN(Cc1ccc(CC(=O)NN)cc1)CC(C)C. The molecule has 0 bridgehead atoms. The summed E-state index contributed by atoms with van der Waals surface area (Å²) in [7, 11) is 1.73. The summed E-state index contributed by atoms with van der Waals surface area (Å²) in [5, 5.41) is 0. The fourth-order valence-corrected chi connectivity index (χ4v) is 2.23. The number of amides is 1. The minimum absolute atomic E-state index is 0.177. The lowest BCUT2D eigenvalue weighted by Crippen LogP contribution is -2.31. The van der Waals surface area contributed by atoms with Crippen LogP contribution in [0.2, 0.25) is 0 Å². The molecule has 0 radical (unpaired) electrons. The van der Waals surface area contributed by atoms with Crippen molar-refractivity contribution in [3.05, 3.63) is 35.4 Å². The van der Waals surface area contributed by atoms with Gasteiger partial charge in [0.15, 0.2) is 0 Å². The van der Waals surface area contributed by atoms with Gasteiger partial charge in [-0.3, -0.25) is 15.1 Å². The number of hydrogen-bond donors (Lipinski definition) is 2. The summed E-state index contributed by atoms with van der Waals surface area (Å²) < 4.78 is 5.17. The number of methoxy groups -OCH3 is 1. The molecule has 5 heteroatoms. The molecule has 0 saturated heterocycles. The molecule has 0 fully saturated rings. The van der Waals surface area contributed by atoms with Gasteiger partial charge >= 0.3 is 0 Å². The van der Waals surface area contributed by atoms with E-state index >= 15 is 0 Å². The van der Waals surface area contributed by atoms with Crippen LogP contribution < -0.4 is 11.3 Å². The minimum atomic E-state index is -0.177. The quantitative estimate of drug-likeness (QED) is 0.409. The van der Waals surface area contributed by atoms with Gasteiger partial charge in [0.25, 0.3) is 0 Å². The van der Waals surface area contributed by atoms with Gasteiger partial charge < -0.3 is 4.74 Å². The van der Waals surface area contributed by atoms with E-state index in [0.29, 0.717) is 12.3 Å². The number of rotatable bonds is 9. The first kappa shape index (κ1) is 17.6. The van der Waals surface area contributed by atoms with E-state index in [1.165, 1.54) is 5.56 Å². The van der Waals surface area contributed by atoms with Crippen LogP contribution in [0, 0.1) is 5.92 Å². The van der Waals surface area contributed by atoms with E-state index in [9.17, 15) is 4.79 Å². The summed E-state index contributed by atoms with van der Waals surface area (Å²) in [6.07, 6.45) is 0.316. The average Bonchev–Trinajstić information content (AvgIpc) is 2.46. The molecule has 5 nitrogen and oxygen atoms in total. The number of nitrogens with zero attached hydrogens (tertiary/aromatic N) is 1. The van der Waals surface area contributed by atoms with Crippen LogP contribution in [0.25, 0.3) is 0 Å². The van der Waals surface area contributed by atoms with Gasteiger partial charge in [-0.25, -0.2) is 5.84 Å². The number of benzene rings is 1. The van der Waals surface area contributed by atoms with Crippen LogP contribution in [-0.2, 0) is 22.5 Å². The van der Waals surface area contributed by atoms with Gasteiger partial charge in [-0.1, -0.05) is 38.1 Å². The number of nitrogens with one attached hydrogen (secondary N) is 1. The van der Waals surface area contributed by atoms with E-state index < -0.39 is 0 Å². The van der Waals surface area contributed by atoms with Crippen molar-refractivity contribution in [2.45, 2.75) is 26.8 Å². The van der Waals surface area contributed by atoms with Crippen molar-refractivity contribution in [2.24, 2.45) is 11.8 Å². The lowest BCUT2D eigenvalue weighted by atomic mass is 10.1. The van der Waals surface area contributed by atoms with E-state index in [-0.39, 0.29) is 5.91 Å². The number of carbonyl (C=O) groups is 1. The third-order valence-electron chi connectivity index (χ3n) is 3.19. The highest BCUT2D eigenvalue weighted by Crippen LogP contribution is 2.10. The molecule has 0 spiro atoms. The lowest BCUT2D eigenvalue weighted by Gasteiger charge is -2.24. The molecule has 1 aromatic rings. The Kier molecular flexibility index (Phi) is 7.97. The molecule has 1 amide bonds. The molecule has 21 heavy (non-hydrogen) atoms. The average molecular weight is 293 g/mol. The molecule has 0 aliphatic heterocycles. The molecular formula is C16H27N3O2. The second-order valence-corrected chi connectivity index (χ2v) is 5.68. The molecule has 0 unspecified atom stereocenters. The first-order chi connectivity index (χ1) is 10.0. The van der Waals surface area contributed by atoms with Crippen LogP contribution in [0.3, 0.4) is 0 Å². The Hall–Kier alpha value is -1.43. The molecule has 1 aromatic carbocycles. The lowest BCUT2D eigenvalue weighted by molar-refractivity contribution is -0.120. The van der Waals surface area contributed by atoms with Gasteiger partial charge in [0.05, 0.1) is 13.0 Å². The Morgan fingerprint density at radius 1 is 1.29 bits per heavy atom. The van der Waals surface area contributed by atoms with Crippen molar-refractivity contribution < 1.29 is 9.53 Å². The number of nitrogens with two attached hydrogens (primary N) is 1. The fraction of sp³-hybridized carbons (Fsp3) is 0.562. The van der Waals surface area contributed by atoms with E-state index in [4.69, 9.17) is 10.6 Å². The summed E-state index contributed by atoms with van der Waals surface area (Å²) in [5.74, 6) is 5.53. The van der Waals surface area contributed by atoms with Gasteiger partial charge in [0.1, 0.15) is 0 Å². The maximum atomic E-state index is 11.2. The zero-order chi connectivity index (χ0) is 15.7. The highest BCUT2D eigenvalue weighted by Gasteiger charge is 2.08. The van der Waals surface area contributed by atoms with Gasteiger partial charge in [-0.15, -0.1) is 0 Å². The molecule has 0 saturated carbocycles. The Morgan fingerprint density at radius 3 is 2.43 bits per heavy atom. The number of hydrogen-bond acceptors (Lipinski definition) is 4. The summed E-state index contributed by atoms with van der Waals surface area (Å²) in [6.45, 7) is 8.03. The zero-order valence-corrected chi connectivity index (χ0v) is 13.3. The molecule has 118 valence electrons. The van der Waals surface area contributed by atoms with E-state index in [0.717, 1.165) is 31.8 Å². The van der Waals surface area contributed by atoms with Gasteiger partial charge in [-0.05, 0) is 17.0 Å². The van der Waals surface area contributed by atoms with Crippen molar-refractivity contribution in [3.8, 4) is 0 Å². The monoisotopic (exact) mass is 293 g/mol. The Labute approximate surface area is 127 Å². The Bertz CT molecular complexity index is 418. The first-order valence-corrected chi connectivity index (χ1v) is 7.33. The molecule has 0 aliphatic rings.